The predicted octanol–water partition coefficient (Wildman–Crippen LogP) is 3.11. The van der Waals surface area contributed by atoms with Crippen molar-refractivity contribution in [3.05, 3.63) is 0 Å². The molecule has 0 aliphatic heterocycles. The summed E-state index contributed by atoms with van der Waals surface area (Å²) < 4.78 is 5.84. The molecule has 1 unspecified atom stereocenters. The van der Waals surface area contributed by atoms with Gasteiger partial charge in [-0.15, -0.1) is 0 Å². The van der Waals surface area contributed by atoms with Crippen LogP contribution in [0.5, 0.6) is 0 Å². The Morgan fingerprint density at radius 1 is 1.25 bits per heavy atom. The fraction of sp³-hybridized carbons (Fsp3) is 1.00. The average Bonchev–Trinajstić information content (AvgIpc) is 3.00. The van der Waals surface area contributed by atoms with E-state index in [0.717, 1.165) is 18.6 Å². The van der Waals surface area contributed by atoms with Gasteiger partial charge in [0.1, 0.15) is 0 Å². The van der Waals surface area contributed by atoms with Crippen molar-refractivity contribution >= 4 is 0 Å². The molecule has 0 saturated heterocycles. The SMILES string of the molecule is CC(CCCNC1CC1)OCCC1CCC1. The fourth-order valence-corrected chi connectivity index (χ4v) is 2.28. The highest BCUT2D eigenvalue weighted by Gasteiger charge is 2.19. The smallest absolute Gasteiger partial charge is 0.0547 e. The van der Waals surface area contributed by atoms with Gasteiger partial charge in [-0.05, 0) is 51.5 Å². The van der Waals surface area contributed by atoms with Gasteiger partial charge in [0.2, 0.25) is 0 Å². The van der Waals surface area contributed by atoms with Crippen molar-refractivity contribution in [3.63, 3.8) is 0 Å². The summed E-state index contributed by atoms with van der Waals surface area (Å²) in [6.45, 7) is 4.39. The predicted molar refractivity (Wildman–Crippen MR) is 67.6 cm³/mol. The molecule has 2 fully saturated rings. The maximum atomic E-state index is 5.84. The molecule has 0 aromatic carbocycles. The molecule has 2 rings (SSSR count). The summed E-state index contributed by atoms with van der Waals surface area (Å²) in [6, 6.07) is 0.856. The van der Waals surface area contributed by atoms with E-state index in [1.807, 2.05) is 0 Å². The highest BCUT2D eigenvalue weighted by molar-refractivity contribution is 4.80. The van der Waals surface area contributed by atoms with Gasteiger partial charge >= 0.3 is 0 Å². The summed E-state index contributed by atoms with van der Waals surface area (Å²) >= 11 is 0. The van der Waals surface area contributed by atoms with Crippen LogP contribution < -0.4 is 5.32 Å². The Balaban J connectivity index is 1.36. The van der Waals surface area contributed by atoms with E-state index in [2.05, 4.69) is 12.2 Å². The summed E-state index contributed by atoms with van der Waals surface area (Å²) in [6.07, 6.45) is 11.4. The van der Waals surface area contributed by atoms with Crippen LogP contribution in [-0.2, 0) is 4.74 Å². The van der Waals surface area contributed by atoms with Crippen LogP contribution in [0.3, 0.4) is 0 Å². The summed E-state index contributed by atoms with van der Waals surface area (Å²) in [4.78, 5) is 0. The zero-order valence-electron chi connectivity index (χ0n) is 10.7. The molecule has 0 bridgehead atoms. The molecule has 0 radical (unpaired) electrons. The molecule has 2 nitrogen and oxygen atoms in total. The first kappa shape index (κ1) is 12.4. The molecule has 16 heavy (non-hydrogen) atoms. The van der Waals surface area contributed by atoms with Crippen LogP contribution in [0.15, 0.2) is 0 Å². The van der Waals surface area contributed by atoms with E-state index in [1.54, 1.807) is 0 Å². The maximum Gasteiger partial charge on any atom is 0.0547 e. The lowest BCUT2D eigenvalue weighted by molar-refractivity contribution is 0.0431. The van der Waals surface area contributed by atoms with Crippen molar-refractivity contribution < 1.29 is 4.74 Å². The summed E-state index contributed by atoms with van der Waals surface area (Å²) in [5.74, 6) is 0.990. The molecular weight excluding hydrogens is 198 g/mol. The van der Waals surface area contributed by atoms with Crippen LogP contribution in [-0.4, -0.2) is 25.3 Å². The summed E-state index contributed by atoms with van der Waals surface area (Å²) in [5, 5.41) is 3.55. The van der Waals surface area contributed by atoms with Gasteiger partial charge in [0, 0.05) is 12.6 Å². The first-order chi connectivity index (χ1) is 7.84. The Kier molecular flexibility index (Phi) is 5.11. The second-order valence-corrected chi connectivity index (χ2v) is 5.64. The van der Waals surface area contributed by atoms with Crippen LogP contribution in [0, 0.1) is 5.92 Å². The Labute approximate surface area is 100 Å². The topological polar surface area (TPSA) is 21.3 Å². The van der Waals surface area contributed by atoms with Crippen molar-refractivity contribution in [1.82, 2.24) is 5.32 Å². The first-order valence-electron chi connectivity index (χ1n) is 7.19. The van der Waals surface area contributed by atoms with Gasteiger partial charge in [-0.2, -0.15) is 0 Å². The lowest BCUT2D eigenvalue weighted by Gasteiger charge is -2.25. The standard InChI is InChI=1S/C14H27NO/c1-12(4-3-10-15-14-7-8-14)16-11-9-13-5-2-6-13/h12-15H,2-11H2,1H3. The maximum absolute atomic E-state index is 5.84. The van der Waals surface area contributed by atoms with Crippen LogP contribution in [0.25, 0.3) is 0 Å². The zero-order valence-corrected chi connectivity index (χ0v) is 10.7. The molecule has 2 aliphatic rings. The van der Waals surface area contributed by atoms with Crippen molar-refractivity contribution in [2.75, 3.05) is 13.2 Å². The molecule has 0 aromatic heterocycles. The Morgan fingerprint density at radius 2 is 2.06 bits per heavy atom. The van der Waals surface area contributed by atoms with E-state index in [0.29, 0.717) is 6.10 Å². The molecule has 0 heterocycles. The van der Waals surface area contributed by atoms with Gasteiger partial charge in [0.15, 0.2) is 0 Å². The minimum absolute atomic E-state index is 0.459. The number of hydrogen-bond acceptors (Lipinski definition) is 2. The van der Waals surface area contributed by atoms with Gasteiger partial charge in [-0.25, -0.2) is 0 Å². The van der Waals surface area contributed by atoms with Crippen molar-refractivity contribution in [1.29, 1.82) is 0 Å². The molecule has 94 valence electrons. The van der Waals surface area contributed by atoms with Gasteiger partial charge < -0.3 is 10.1 Å². The third-order valence-corrected chi connectivity index (χ3v) is 3.95. The second-order valence-electron chi connectivity index (χ2n) is 5.64. The van der Waals surface area contributed by atoms with E-state index in [-0.39, 0.29) is 0 Å². The van der Waals surface area contributed by atoms with E-state index >= 15 is 0 Å². The fourth-order valence-electron chi connectivity index (χ4n) is 2.28. The van der Waals surface area contributed by atoms with Crippen molar-refractivity contribution in [2.45, 2.75) is 70.4 Å². The minimum atomic E-state index is 0.459. The number of rotatable bonds is 9. The second kappa shape index (κ2) is 6.61. The molecule has 2 saturated carbocycles. The molecule has 0 amide bonds. The van der Waals surface area contributed by atoms with E-state index in [9.17, 15) is 0 Å². The van der Waals surface area contributed by atoms with Crippen LogP contribution in [0.1, 0.15) is 58.3 Å². The van der Waals surface area contributed by atoms with Crippen LogP contribution in [0.4, 0.5) is 0 Å². The highest BCUT2D eigenvalue weighted by atomic mass is 16.5. The Hall–Kier alpha value is -0.0800. The lowest BCUT2D eigenvalue weighted by Crippen LogP contribution is -2.20. The summed E-state index contributed by atoms with van der Waals surface area (Å²) in [5.41, 5.74) is 0. The van der Waals surface area contributed by atoms with Crippen molar-refractivity contribution in [2.24, 2.45) is 5.92 Å². The number of nitrogens with one attached hydrogen (secondary N) is 1. The van der Waals surface area contributed by atoms with Crippen LogP contribution in [0.2, 0.25) is 0 Å². The normalized spacial score (nSPS) is 23.1. The van der Waals surface area contributed by atoms with E-state index in [1.165, 1.54) is 57.9 Å². The average molecular weight is 225 g/mol. The Morgan fingerprint density at radius 3 is 2.69 bits per heavy atom. The van der Waals surface area contributed by atoms with Gasteiger partial charge in [0.05, 0.1) is 6.10 Å². The largest absolute Gasteiger partial charge is 0.378 e. The number of hydrogen-bond donors (Lipinski definition) is 1. The highest BCUT2D eigenvalue weighted by Crippen LogP contribution is 2.29. The van der Waals surface area contributed by atoms with Gasteiger partial charge in [0.25, 0.3) is 0 Å². The molecule has 1 atom stereocenters. The number of ether oxygens (including phenoxy) is 1. The first-order valence-corrected chi connectivity index (χ1v) is 7.19. The molecule has 2 aliphatic carbocycles. The molecule has 2 heteroatoms. The zero-order chi connectivity index (χ0) is 11.2. The molecule has 0 spiro atoms. The van der Waals surface area contributed by atoms with Gasteiger partial charge in [-0.3, -0.25) is 0 Å². The third-order valence-electron chi connectivity index (χ3n) is 3.95. The molecule has 1 N–H and O–H groups in total. The van der Waals surface area contributed by atoms with E-state index < -0.39 is 0 Å². The third kappa shape index (κ3) is 4.84. The summed E-state index contributed by atoms with van der Waals surface area (Å²) in [7, 11) is 0. The van der Waals surface area contributed by atoms with E-state index in [4.69, 9.17) is 4.74 Å². The monoisotopic (exact) mass is 225 g/mol. The minimum Gasteiger partial charge on any atom is -0.378 e. The molecule has 0 aromatic rings. The van der Waals surface area contributed by atoms with Crippen molar-refractivity contribution in [3.8, 4) is 0 Å². The van der Waals surface area contributed by atoms with Crippen LogP contribution >= 0.6 is 0 Å². The Bertz CT molecular complexity index is 187. The van der Waals surface area contributed by atoms with Gasteiger partial charge in [-0.1, -0.05) is 19.3 Å². The quantitative estimate of drug-likeness (QED) is 0.609. The lowest BCUT2D eigenvalue weighted by atomic mass is 9.83. The molecular formula is C14H27NO.